The molecule has 6 heteroatoms. The monoisotopic (exact) mass is 295 g/mol. The van der Waals surface area contributed by atoms with E-state index in [1.165, 1.54) is 0 Å². The first-order valence-electron chi connectivity index (χ1n) is 6.52. The number of benzene rings is 1. The van der Waals surface area contributed by atoms with Gasteiger partial charge in [-0.1, -0.05) is 6.07 Å². The Morgan fingerprint density at radius 1 is 1.40 bits per heavy atom. The van der Waals surface area contributed by atoms with Crippen molar-refractivity contribution in [2.24, 2.45) is 5.73 Å². The molecule has 1 atom stereocenters. The van der Waals surface area contributed by atoms with Crippen molar-refractivity contribution < 1.29 is 9.59 Å². The fourth-order valence-electron chi connectivity index (χ4n) is 1.61. The molecule has 0 aromatic heterocycles. The van der Waals surface area contributed by atoms with Gasteiger partial charge in [-0.3, -0.25) is 9.59 Å². The van der Waals surface area contributed by atoms with Crippen LogP contribution in [0.5, 0.6) is 0 Å². The van der Waals surface area contributed by atoms with E-state index in [1.807, 2.05) is 13.2 Å². The molecule has 0 aliphatic heterocycles. The van der Waals surface area contributed by atoms with E-state index in [0.717, 1.165) is 5.75 Å². The molecule has 0 aliphatic carbocycles. The number of nitrogens with two attached hydrogens (primary N) is 1. The quantitative estimate of drug-likeness (QED) is 0.711. The van der Waals surface area contributed by atoms with E-state index >= 15 is 0 Å². The topological polar surface area (TPSA) is 84.2 Å². The van der Waals surface area contributed by atoms with E-state index in [2.05, 4.69) is 10.6 Å². The molecule has 110 valence electrons. The Labute approximate surface area is 123 Å². The zero-order valence-corrected chi connectivity index (χ0v) is 12.6. The summed E-state index contributed by atoms with van der Waals surface area (Å²) in [4.78, 5) is 23.6. The molecule has 4 N–H and O–H groups in total. The van der Waals surface area contributed by atoms with Crippen LogP contribution in [0.2, 0.25) is 0 Å². The lowest BCUT2D eigenvalue weighted by molar-refractivity contribution is -0.117. The SMILES string of the molecule is CCNC(=O)c1cccc(NC(=O)[C@@H](N)CCSC)c1. The standard InChI is InChI=1S/C14H21N3O2S/c1-3-16-13(18)10-5-4-6-11(9-10)17-14(19)12(15)7-8-20-2/h4-6,9,12H,3,7-8,15H2,1-2H3,(H,16,18)(H,17,19)/t12-/m0/s1. The van der Waals surface area contributed by atoms with E-state index in [-0.39, 0.29) is 11.8 Å². The molecule has 0 saturated heterocycles. The normalized spacial score (nSPS) is 11.8. The highest BCUT2D eigenvalue weighted by molar-refractivity contribution is 7.98. The molecule has 0 unspecified atom stereocenters. The van der Waals surface area contributed by atoms with Crippen molar-refractivity contribution in [1.82, 2.24) is 5.32 Å². The molecule has 0 saturated carbocycles. The summed E-state index contributed by atoms with van der Waals surface area (Å²) in [7, 11) is 0. The van der Waals surface area contributed by atoms with Crippen molar-refractivity contribution >= 4 is 29.3 Å². The first-order chi connectivity index (χ1) is 9.58. The lowest BCUT2D eigenvalue weighted by Gasteiger charge is -2.12. The van der Waals surface area contributed by atoms with E-state index in [1.54, 1.807) is 36.0 Å². The first kappa shape index (κ1) is 16.5. The number of amides is 2. The van der Waals surface area contributed by atoms with Crippen molar-refractivity contribution in [1.29, 1.82) is 0 Å². The average molecular weight is 295 g/mol. The summed E-state index contributed by atoms with van der Waals surface area (Å²) in [6.07, 6.45) is 2.60. The maximum absolute atomic E-state index is 11.9. The van der Waals surface area contributed by atoms with Gasteiger partial charge in [0.2, 0.25) is 5.91 Å². The molecule has 1 rings (SSSR count). The van der Waals surface area contributed by atoms with Crippen LogP contribution in [0.3, 0.4) is 0 Å². The van der Waals surface area contributed by atoms with Gasteiger partial charge in [-0.2, -0.15) is 11.8 Å². The number of carbonyl (C=O) groups excluding carboxylic acids is 2. The second-order valence-electron chi connectivity index (χ2n) is 4.32. The van der Waals surface area contributed by atoms with Gasteiger partial charge in [-0.25, -0.2) is 0 Å². The fraction of sp³-hybridized carbons (Fsp3) is 0.429. The van der Waals surface area contributed by atoms with Gasteiger partial charge >= 0.3 is 0 Å². The van der Waals surface area contributed by atoms with Gasteiger partial charge < -0.3 is 16.4 Å². The molecule has 20 heavy (non-hydrogen) atoms. The van der Waals surface area contributed by atoms with Crippen LogP contribution in [-0.4, -0.2) is 36.4 Å². The summed E-state index contributed by atoms with van der Waals surface area (Å²) < 4.78 is 0. The van der Waals surface area contributed by atoms with Gasteiger partial charge in [0.1, 0.15) is 0 Å². The lowest BCUT2D eigenvalue weighted by atomic mass is 10.1. The number of thioether (sulfide) groups is 1. The van der Waals surface area contributed by atoms with Gasteiger partial charge in [0.15, 0.2) is 0 Å². The van der Waals surface area contributed by atoms with Crippen molar-refractivity contribution in [3.8, 4) is 0 Å². The summed E-state index contributed by atoms with van der Waals surface area (Å²) in [5.74, 6) is 0.454. The minimum atomic E-state index is -0.532. The van der Waals surface area contributed by atoms with E-state index in [4.69, 9.17) is 5.73 Å². The Bertz CT molecular complexity index is 465. The van der Waals surface area contributed by atoms with E-state index in [9.17, 15) is 9.59 Å². The fourth-order valence-corrected chi connectivity index (χ4v) is 2.10. The maximum atomic E-state index is 11.9. The van der Waals surface area contributed by atoms with Crippen molar-refractivity contribution in [3.63, 3.8) is 0 Å². The molecule has 0 fully saturated rings. The van der Waals surface area contributed by atoms with Crippen LogP contribution in [0.25, 0.3) is 0 Å². The van der Waals surface area contributed by atoms with E-state index in [0.29, 0.717) is 24.2 Å². The molecule has 0 spiro atoms. The van der Waals surface area contributed by atoms with Crippen LogP contribution in [0.4, 0.5) is 5.69 Å². The number of hydrogen-bond donors (Lipinski definition) is 3. The molecule has 0 bridgehead atoms. The number of nitrogens with one attached hydrogen (secondary N) is 2. The minimum absolute atomic E-state index is 0.157. The van der Waals surface area contributed by atoms with Crippen LogP contribution in [-0.2, 0) is 4.79 Å². The van der Waals surface area contributed by atoms with Crippen molar-refractivity contribution in [2.45, 2.75) is 19.4 Å². The van der Waals surface area contributed by atoms with Gasteiger partial charge in [-0.15, -0.1) is 0 Å². The van der Waals surface area contributed by atoms with Crippen LogP contribution < -0.4 is 16.4 Å². The second kappa shape index (κ2) is 8.60. The zero-order valence-electron chi connectivity index (χ0n) is 11.8. The Morgan fingerprint density at radius 2 is 2.15 bits per heavy atom. The number of carbonyl (C=O) groups is 2. The Hall–Kier alpha value is -1.53. The predicted molar refractivity (Wildman–Crippen MR) is 84.1 cm³/mol. The Morgan fingerprint density at radius 3 is 2.80 bits per heavy atom. The molecule has 2 amide bonds. The number of hydrogen-bond acceptors (Lipinski definition) is 4. The summed E-state index contributed by atoms with van der Waals surface area (Å²) in [5, 5.41) is 5.45. The molecular weight excluding hydrogens is 274 g/mol. The number of anilines is 1. The van der Waals surface area contributed by atoms with Crippen LogP contribution in [0.1, 0.15) is 23.7 Å². The van der Waals surface area contributed by atoms with Crippen LogP contribution in [0.15, 0.2) is 24.3 Å². The van der Waals surface area contributed by atoms with Gasteiger partial charge in [0.25, 0.3) is 5.91 Å². The third kappa shape index (κ3) is 5.22. The second-order valence-corrected chi connectivity index (χ2v) is 5.30. The third-order valence-electron chi connectivity index (χ3n) is 2.70. The van der Waals surface area contributed by atoms with E-state index < -0.39 is 6.04 Å². The van der Waals surface area contributed by atoms with Gasteiger partial charge in [-0.05, 0) is 43.6 Å². The van der Waals surface area contributed by atoms with Crippen molar-refractivity contribution in [2.75, 3.05) is 23.9 Å². The molecule has 1 aromatic rings. The highest BCUT2D eigenvalue weighted by atomic mass is 32.2. The Kier molecular flexibility index (Phi) is 7.11. The summed E-state index contributed by atoms with van der Waals surface area (Å²) >= 11 is 1.65. The largest absolute Gasteiger partial charge is 0.352 e. The zero-order chi connectivity index (χ0) is 15.0. The molecule has 0 radical (unpaired) electrons. The molecule has 0 heterocycles. The van der Waals surface area contributed by atoms with Crippen molar-refractivity contribution in [3.05, 3.63) is 29.8 Å². The summed E-state index contributed by atoms with van der Waals surface area (Å²) in [6.45, 7) is 2.42. The summed E-state index contributed by atoms with van der Waals surface area (Å²) in [6, 6.07) is 6.28. The van der Waals surface area contributed by atoms with Gasteiger partial charge in [0, 0.05) is 17.8 Å². The molecular formula is C14H21N3O2S. The van der Waals surface area contributed by atoms with Gasteiger partial charge in [0.05, 0.1) is 6.04 Å². The molecule has 5 nitrogen and oxygen atoms in total. The summed E-state index contributed by atoms with van der Waals surface area (Å²) in [5.41, 5.74) is 6.89. The predicted octanol–water partition coefficient (Wildman–Crippen LogP) is 1.46. The Balaban J connectivity index is 2.66. The number of rotatable bonds is 7. The van der Waals surface area contributed by atoms with Crippen LogP contribution in [0, 0.1) is 0 Å². The lowest BCUT2D eigenvalue weighted by Crippen LogP contribution is -2.36. The minimum Gasteiger partial charge on any atom is -0.352 e. The highest BCUT2D eigenvalue weighted by Gasteiger charge is 2.13. The molecule has 0 aliphatic rings. The average Bonchev–Trinajstić information content (AvgIpc) is 2.45. The smallest absolute Gasteiger partial charge is 0.251 e. The third-order valence-corrected chi connectivity index (χ3v) is 3.34. The first-order valence-corrected chi connectivity index (χ1v) is 7.91. The molecule has 1 aromatic carbocycles. The maximum Gasteiger partial charge on any atom is 0.251 e. The van der Waals surface area contributed by atoms with Crippen LogP contribution >= 0.6 is 11.8 Å². The highest BCUT2D eigenvalue weighted by Crippen LogP contribution is 2.11.